The summed E-state index contributed by atoms with van der Waals surface area (Å²) >= 11 is 0. The molecular formula is C12H11F3O4. The predicted molar refractivity (Wildman–Crippen MR) is 58.9 cm³/mol. The number of carbonyl (C=O) groups is 2. The molecule has 0 saturated heterocycles. The van der Waals surface area contributed by atoms with E-state index in [-0.39, 0.29) is 12.0 Å². The van der Waals surface area contributed by atoms with Gasteiger partial charge in [-0.05, 0) is 12.1 Å². The molecule has 0 heterocycles. The molecule has 0 amide bonds. The SMILES string of the molecule is CC(CC(=O)O)C(=O)c1cccc(OC(F)(F)F)c1. The number of Topliss-reactive ketones (excluding diaryl/α,β-unsaturated/α-hetero) is 1. The smallest absolute Gasteiger partial charge is 0.481 e. The number of benzene rings is 1. The second-order valence-corrected chi connectivity index (χ2v) is 3.94. The molecule has 7 heteroatoms. The zero-order valence-electron chi connectivity index (χ0n) is 9.90. The Balaban J connectivity index is 2.87. The third-order valence-electron chi connectivity index (χ3n) is 2.28. The van der Waals surface area contributed by atoms with E-state index < -0.39 is 29.8 Å². The van der Waals surface area contributed by atoms with Crippen LogP contribution in [0.2, 0.25) is 0 Å². The van der Waals surface area contributed by atoms with Crippen LogP contribution in [0.5, 0.6) is 5.75 Å². The van der Waals surface area contributed by atoms with Gasteiger partial charge in [-0.2, -0.15) is 0 Å². The maximum absolute atomic E-state index is 12.0. The van der Waals surface area contributed by atoms with Crippen molar-refractivity contribution in [3.63, 3.8) is 0 Å². The summed E-state index contributed by atoms with van der Waals surface area (Å²) < 4.78 is 39.7. The van der Waals surface area contributed by atoms with E-state index in [0.29, 0.717) is 0 Å². The number of carboxylic acid groups (broad SMARTS) is 1. The highest BCUT2D eigenvalue weighted by atomic mass is 19.4. The molecule has 1 rings (SSSR count). The monoisotopic (exact) mass is 276 g/mol. The number of ketones is 1. The molecule has 0 aliphatic rings. The number of hydrogen-bond acceptors (Lipinski definition) is 3. The number of alkyl halides is 3. The minimum atomic E-state index is -4.84. The molecule has 1 unspecified atom stereocenters. The lowest BCUT2D eigenvalue weighted by Crippen LogP contribution is -2.18. The van der Waals surface area contributed by atoms with Crippen molar-refractivity contribution in [1.82, 2.24) is 0 Å². The van der Waals surface area contributed by atoms with Crippen LogP contribution in [-0.2, 0) is 4.79 Å². The quantitative estimate of drug-likeness (QED) is 0.840. The number of rotatable bonds is 5. The first-order valence-electron chi connectivity index (χ1n) is 5.31. The van der Waals surface area contributed by atoms with Crippen molar-refractivity contribution < 1.29 is 32.6 Å². The molecule has 0 fully saturated rings. The zero-order valence-corrected chi connectivity index (χ0v) is 9.90. The molecule has 0 aliphatic carbocycles. The Labute approximate surface area is 106 Å². The van der Waals surface area contributed by atoms with Crippen LogP contribution in [0, 0.1) is 5.92 Å². The molecule has 0 bridgehead atoms. The highest BCUT2D eigenvalue weighted by Gasteiger charge is 2.31. The largest absolute Gasteiger partial charge is 0.573 e. The molecule has 19 heavy (non-hydrogen) atoms. The van der Waals surface area contributed by atoms with Gasteiger partial charge in [0.2, 0.25) is 0 Å². The number of carboxylic acids is 1. The Bertz CT molecular complexity index is 482. The van der Waals surface area contributed by atoms with Gasteiger partial charge in [-0.3, -0.25) is 9.59 Å². The standard InChI is InChI=1S/C12H11F3O4/c1-7(5-10(16)17)11(18)8-3-2-4-9(6-8)19-12(13,14)15/h2-4,6-7H,5H2,1H3,(H,16,17). The first-order valence-corrected chi connectivity index (χ1v) is 5.31. The van der Waals surface area contributed by atoms with Gasteiger partial charge >= 0.3 is 12.3 Å². The number of carbonyl (C=O) groups excluding carboxylic acids is 1. The van der Waals surface area contributed by atoms with Crippen LogP contribution in [0.1, 0.15) is 23.7 Å². The number of ether oxygens (including phenoxy) is 1. The van der Waals surface area contributed by atoms with Crippen molar-refractivity contribution in [2.75, 3.05) is 0 Å². The summed E-state index contributed by atoms with van der Waals surface area (Å²) in [6, 6.07) is 4.55. The van der Waals surface area contributed by atoms with Crippen LogP contribution in [0.4, 0.5) is 13.2 Å². The van der Waals surface area contributed by atoms with Crippen LogP contribution < -0.4 is 4.74 Å². The Morgan fingerprint density at radius 2 is 2.00 bits per heavy atom. The van der Waals surface area contributed by atoms with Crippen LogP contribution in [0.15, 0.2) is 24.3 Å². The first-order chi connectivity index (χ1) is 8.69. The zero-order chi connectivity index (χ0) is 14.6. The Kier molecular flexibility index (Phi) is 4.52. The lowest BCUT2D eigenvalue weighted by molar-refractivity contribution is -0.274. The van der Waals surface area contributed by atoms with Gasteiger partial charge in [-0.15, -0.1) is 13.2 Å². The number of hydrogen-bond donors (Lipinski definition) is 1. The first kappa shape index (κ1) is 15.0. The van der Waals surface area contributed by atoms with E-state index in [1.807, 2.05) is 0 Å². The summed E-state index contributed by atoms with van der Waals surface area (Å²) in [5.41, 5.74) is -0.0181. The van der Waals surface area contributed by atoms with Gasteiger partial charge in [0, 0.05) is 11.5 Å². The van der Waals surface area contributed by atoms with E-state index >= 15 is 0 Å². The fraction of sp³-hybridized carbons (Fsp3) is 0.333. The average molecular weight is 276 g/mol. The van der Waals surface area contributed by atoms with Crippen LogP contribution in [0.3, 0.4) is 0 Å². The van der Waals surface area contributed by atoms with Gasteiger partial charge < -0.3 is 9.84 Å². The van der Waals surface area contributed by atoms with Crippen LogP contribution in [0.25, 0.3) is 0 Å². The van der Waals surface area contributed by atoms with Crippen molar-refractivity contribution in [3.05, 3.63) is 29.8 Å². The van der Waals surface area contributed by atoms with Crippen molar-refractivity contribution in [2.24, 2.45) is 5.92 Å². The molecule has 0 saturated carbocycles. The van der Waals surface area contributed by atoms with E-state index in [1.54, 1.807) is 0 Å². The van der Waals surface area contributed by atoms with E-state index in [0.717, 1.165) is 12.1 Å². The Hall–Kier alpha value is -2.05. The minimum absolute atomic E-state index is 0.0181. The van der Waals surface area contributed by atoms with Gasteiger partial charge in [0.1, 0.15) is 5.75 Å². The predicted octanol–water partition coefficient (Wildman–Crippen LogP) is 2.88. The third kappa shape index (κ3) is 4.99. The summed E-state index contributed by atoms with van der Waals surface area (Å²) in [4.78, 5) is 22.3. The lowest BCUT2D eigenvalue weighted by atomic mass is 9.96. The maximum Gasteiger partial charge on any atom is 0.573 e. The van der Waals surface area contributed by atoms with E-state index in [4.69, 9.17) is 5.11 Å². The lowest BCUT2D eigenvalue weighted by Gasteiger charge is -2.11. The van der Waals surface area contributed by atoms with Crippen molar-refractivity contribution in [1.29, 1.82) is 0 Å². The molecule has 1 aromatic carbocycles. The maximum atomic E-state index is 12.0. The van der Waals surface area contributed by atoms with Gasteiger partial charge in [-0.1, -0.05) is 19.1 Å². The Morgan fingerprint density at radius 1 is 1.37 bits per heavy atom. The topological polar surface area (TPSA) is 63.6 Å². The Morgan fingerprint density at radius 3 is 2.53 bits per heavy atom. The van der Waals surface area contributed by atoms with Gasteiger partial charge in [0.15, 0.2) is 5.78 Å². The van der Waals surface area contributed by atoms with Crippen LogP contribution in [-0.4, -0.2) is 23.2 Å². The van der Waals surface area contributed by atoms with Gasteiger partial charge in [0.25, 0.3) is 0 Å². The van der Waals surface area contributed by atoms with E-state index in [1.165, 1.54) is 19.1 Å². The van der Waals surface area contributed by atoms with Gasteiger partial charge in [0.05, 0.1) is 6.42 Å². The van der Waals surface area contributed by atoms with Crippen molar-refractivity contribution >= 4 is 11.8 Å². The molecule has 0 aromatic heterocycles. The summed E-state index contributed by atoms with van der Waals surface area (Å²) in [7, 11) is 0. The van der Waals surface area contributed by atoms with Crippen LogP contribution >= 0.6 is 0 Å². The summed E-state index contributed by atoms with van der Waals surface area (Å²) in [5, 5.41) is 8.56. The molecule has 0 aliphatic heterocycles. The highest BCUT2D eigenvalue weighted by molar-refractivity contribution is 5.99. The van der Waals surface area contributed by atoms with Crippen molar-refractivity contribution in [3.8, 4) is 5.75 Å². The third-order valence-corrected chi connectivity index (χ3v) is 2.28. The van der Waals surface area contributed by atoms with E-state index in [9.17, 15) is 22.8 Å². The average Bonchev–Trinajstić information content (AvgIpc) is 2.25. The molecule has 0 spiro atoms. The van der Waals surface area contributed by atoms with E-state index in [2.05, 4.69) is 4.74 Å². The number of aliphatic carboxylic acids is 1. The summed E-state index contributed by atoms with van der Waals surface area (Å²) in [6.45, 7) is 1.40. The summed E-state index contributed by atoms with van der Waals surface area (Å²) in [6.07, 6.45) is -5.22. The second kappa shape index (κ2) is 5.73. The molecule has 1 atom stereocenters. The fourth-order valence-electron chi connectivity index (χ4n) is 1.49. The summed E-state index contributed by atoms with van der Waals surface area (Å²) in [5.74, 6) is -3.03. The number of halogens is 3. The fourth-order valence-corrected chi connectivity index (χ4v) is 1.49. The normalized spacial score (nSPS) is 12.8. The minimum Gasteiger partial charge on any atom is -0.481 e. The molecule has 1 N–H and O–H groups in total. The highest BCUT2D eigenvalue weighted by Crippen LogP contribution is 2.24. The second-order valence-electron chi connectivity index (χ2n) is 3.94. The molecule has 1 aromatic rings. The molecular weight excluding hydrogens is 265 g/mol. The molecule has 4 nitrogen and oxygen atoms in total. The van der Waals surface area contributed by atoms with Crippen molar-refractivity contribution in [2.45, 2.75) is 19.7 Å². The van der Waals surface area contributed by atoms with Gasteiger partial charge in [-0.25, -0.2) is 0 Å². The molecule has 0 radical (unpaired) electrons. The molecule has 104 valence electrons.